The van der Waals surface area contributed by atoms with Gasteiger partial charge in [-0.1, -0.05) is 12.1 Å². The van der Waals surface area contributed by atoms with Gasteiger partial charge in [0.15, 0.2) is 0 Å². The monoisotopic (exact) mass is 284 g/mol. The van der Waals surface area contributed by atoms with Gasteiger partial charge in [-0.2, -0.15) is 0 Å². The van der Waals surface area contributed by atoms with Gasteiger partial charge >= 0.3 is 0 Å². The van der Waals surface area contributed by atoms with E-state index in [1.807, 2.05) is 41.1 Å². The van der Waals surface area contributed by atoms with E-state index in [0.29, 0.717) is 18.0 Å². The first-order chi connectivity index (χ1) is 10.2. The van der Waals surface area contributed by atoms with Crippen LogP contribution in [-0.4, -0.2) is 11.2 Å². The minimum Gasteiger partial charge on any atom is -0.491 e. The third kappa shape index (κ3) is 2.99. The molecule has 3 nitrogen and oxygen atoms in total. The molecule has 0 unspecified atom stereocenters. The molecule has 0 saturated heterocycles. The van der Waals surface area contributed by atoms with Crippen molar-refractivity contribution in [3.8, 4) is 5.75 Å². The number of ether oxygens (including phenoxy) is 1. The molecule has 0 aliphatic rings. The number of nitrogen functional groups attached to an aromatic ring is 1. The van der Waals surface area contributed by atoms with Crippen molar-refractivity contribution in [1.29, 1.82) is 0 Å². The number of nitrogens with zero attached hydrogens (tertiary/aromatic N) is 1. The standard InChI is InChI=1S/C17H17FN2O/c18-14-7-6-13-8-10-20(16(13)12-14)9-3-11-21-17-5-2-1-4-15(17)19/h1-2,4-8,10,12H,3,9,11,19H2. The average molecular weight is 284 g/mol. The molecule has 0 saturated carbocycles. The Kier molecular flexibility index (Phi) is 3.77. The number of anilines is 1. The number of nitrogens with two attached hydrogens (primary N) is 1. The zero-order valence-electron chi connectivity index (χ0n) is 11.6. The van der Waals surface area contributed by atoms with Gasteiger partial charge in [0.2, 0.25) is 0 Å². The van der Waals surface area contributed by atoms with Crippen LogP contribution in [0.15, 0.2) is 54.7 Å². The second kappa shape index (κ2) is 5.87. The molecule has 108 valence electrons. The maximum atomic E-state index is 13.3. The zero-order valence-corrected chi connectivity index (χ0v) is 11.6. The Morgan fingerprint density at radius 3 is 2.81 bits per heavy atom. The Balaban J connectivity index is 1.60. The first-order valence-corrected chi connectivity index (χ1v) is 6.96. The summed E-state index contributed by atoms with van der Waals surface area (Å²) in [4.78, 5) is 0. The van der Waals surface area contributed by atoms with Crippen molar-refractivity contribution < 1.29 is 9.13 Å². The number of aryl methyl sites for hydroxylation is 1. The number of para-hydroxylation sites is 2. The number of fused-ring (bicyclic) bond motifs is 1. The zero-order chi connectivity index (χ0) is 14.7. The van der Waals surface area contributed by atoms with Gasteiger partial charge in [-0.25, -0.2) is 4.39 Å². The van der Waals surface area contributed by atoms with Gasteiger partial charge in [-0.15, -0.1) is 0 Å². The fraction of sp³-hybridized carbons (Fsp3) is 0.176. The van der Waals surface area contributed by atoms with Crippen molar-refractivity contribution >= 4 is 16.6 Å². The van der Waals surface area contributed by atoms with E-state index < -0.39 is 0 Å². The normalized spacial score (nSPS) is 10.9. The molecule has 1 aromatic heterocycles. The Labute approximate surface area is 122 Å². The lowest BCUT2D eigenvalue weighted by Crippen LogP contribution is -2.05. The van der Waals surface area contributed by atoms with E-state index in [9.17, 15) is 4.39 Å². The molecule has 0 fully saturated rings. The quantitative estimate of drug-likeness (QED) is 0.571. The van der Waals surface area contributed by atoms with E-state index in [0.717, 1.165) is 23.9 Å². The van der Waals surface area contributed by atoms with Crippen molar-refractivity contribution in [2.24, 2.45) is 0 Å². The van der Waals surface area contributed by atoms with Crippen LogP contribution in [0.25, 0.3) is 10.9 Å². The second-order valence-corrected chi connectivity index (χ2v) is 4.95. The number of halogens is 1. The highest BCUT2D eigenvalue weighted by molar-refractivity contribution is 5.80. The van der Waals surface area contributed by atoms with Crippen LogP contribution in [0.3, 0.4) is 0 Å². The summed E-state index contributed by atoms with van der Waals surface area (Å²) in [6.45, 7) is 1.35. The van der Waals surface area contributed by atoms with E-state index in [2.05, 4.69) is 0 Å². The predicted octanol–water partition coefficient (Wildman–Crippen LogP) is 3.83. The Morgan fingerprint density at radius 1 is 1.10 bits per heavy atom. The lowest BCUT2D eigenvalue weighted by Gasteiger charge is -2.09. The van der Waals surface area contributed by atoms with Gasteiger partial charge in [0.25, 0.3) is 0 Å². The highest BCUT2D eigenvalue weighted by atomic mass is 19.1. The van der Waals surface area contributed by atoms with E-state index in [1.54, 1.807) is 12.1 Å². The fourth-order valence-corrected chi connectivity index (χ4v) is 2.38. The Morgan fingerprint density at radius 2 is 1.95 bits per heavy atom. The van der Waals surface area contributed by atoms with Crippen LogP contribution < -0.4 is 10.5 Å². The van der Waals surface area contributed by atoms with Gasteiger partial charge in [0, 0.05) is 12.7 Å². The smallest absolute Gasteiger partial charge is 0.142 e. The predicted molar refractivity (Wildman–Crippen MR) is 82.9 cm³/mol. The Hall–Kier alpha value is -2.49. The van der Waals surface area contributed by atoms with Crippen molar-refractivity contribution in [2.45, 2.75) is 13.0 Å². The summed E-state index contributed by atoms with van der Waals surface area (Å²) in [7, 11) is 0. The molecule has 3 rings (SSSR count). The molecule has 0 amide bonds. The van der Waals surface area contributed by atoms with Gasteiger partial charge in [0.1, 0.15) is 11.6 Å². The van der Waals surface area contributed by atoms with Crippen LogP contribution in [0.1, 0.15) is 6.42 Å². The van der Waals surface area contributed by atoms with Crippen LogP contribution in [0.2, 0.25) is 0 Å². The SMILES string of the molecule is Nc1ccccc1OCCCn1ccc2ccc(F)cc21. The molecule has 2 N–H and O–H groups in total. The van der Waals surface area contributed by atoms with E-state index in [-0.39, 0.29) is 5.82 Å². The van der Waals surface area contributed by atoms with Gasteiger partial charge in [-0.05, 0) is 48.2 Å². The maximum absolute atomic E-state index is 13.3. The number of hydrogen-bond donors (Lipinski definition) is 1. The van der Waals surface area contributed by atoms with Crippen LogP contribution >= 0.6 is 0 Å². The van der Waals surface area contributed by atoms with Crippen LogP contribution in [0, 0.1) is 5.82 Å². The minimum atomic E-state index is -0.212. The van der Waals surface area contributed by atoms with Crippen LogP contribution in [0.4, 0.5) is 10.1 Å². The first-order valence-electron chi connectivity index (χ1n) is 6.96. The Bertz CT molecular complexity index is 751. The third-order valence-corrected chi connectivity index (χ3v) is 3.46. The molecule has 0 aliphatic heterocycles. The van der Waals surface area contributed by atoms with E-state index >= 15 is 0 Å². The van der Waals surface area contributed by atoms with Gasteiger partial charge in [-0.3, -0.25) is 0 Å². The summed E-state index contributed by atoms with van der Waals surface area (Å²) in [6.07, 6.45) is 2.80. The maximum Gasteiger partial charge on any atom is 0.142 e. The van der Waals surface area contributed by atoms with Crippen molar-refractivity contribution in [3.63, 3.8) is 0 Å². The highest BCUT2D eigenvalue weighted by Gasteiger charge is 2.03. The van der Waals surface area contributed by atoms with Crippen molar-refractivity contribution in [3.05, 3.63) is 60.5 Å². The number of aromatic nitrogens is 1. The summed E-state index contributed by atoms with van der Waals surface area (Å²) in [5, 5.41) is 1.05. The molecule has 3 aromatic rings. The molecule has 21 heavy (non-hydrogen) atoms. The van der Waals surface area contributed by atoms with Gasteiger partial charge < -0.3 is 15.0 Å². The second-order valence-electron chi connectivity index (χ2n) is 4.95. The molecule has 2 aromatic carbocycles. The molecule has 0 atom stereocenters. The highest BCUT2D eigenvalue weighted by Crippen LogP contribution is 2.20. The number of hydrogen-bond acceptors (Lipinski definition) is 2. The summed E-state index contributed by atoms with van der Waals surface area (Å²) < 4.78 is 21.0. The molecular weight excluding hydrogens is 267 g/mol. The van der Waals surface area contributed by atoms with Gasteiger partial charge in [0.05, 0.1) is 17.8 Å². The van der Waals surface area contributed by atoms with Crippen molar-refractivity contribution in [2.75, 3.05) is 12.3 Å². The molecule has 0 bridgehead atoms. The molecule has 0 radical (unpaired) electrons. The number of benzene rings is 2. The van der Waals surface area contributed by atoms with E-state index in [1.165, 1.54) is 6.07 Å². The summed E-state index contributed by atoms with van der Waals surface area (Å²) in [5.41, 5.74) is 7.37. The number of rotatable bonds is 5. The molecule has 0 aliphatic carbocycles. The average Bonchev–Trinajstić information content (AvgIpc) is 2.88. The molecular formula is C17H17FN2O. The minimum absolute atomic E-state index is 0.212. The summed E-state index contributed by atoms with van der Waals surface area (Å²) in [5.74, 6) is 0.497. The largest absolute Gasteiger partial charge is 0.491 e. The van der Waals surface area contributed by atoms with Crippen molar-refractivity contribution in [1.82, 2.24) is 4.57 Å². The molecule has 1 heterocycles. The third-order valence-electron chi connectivity index (χ3n) is 3.46. The fourth-order valence-electron chi connectivity index (χ4n) is 2.38. The van der Waals surface area contributed by atoms with Crippen LogP contribution in [0.5, 0.6) is 5.75 Å². The topological polar surface area (TPSA) is 40.2 Å². The molecule has 0 spiro atoms. The molecule has 4 heteroatoms. The first kappa shape index (κ1) is 13.5. The van der Waals surface area contributed by atoms with Crippen LogP contribution in [-0.2, 0) is 6.54 Å². The van der Waals surface area contributed by atoms with E-state index in [4.69, 9.17) is 10.5 Å². The lowest BCUT2D eigenvalue weighted by atomic mass is 10.2. The summed E-state index contributed by atoms with van der Waals surface area (Å²) in [6, 6.07) is 14.3. The summed E-state index contributed by atoms with van der Waals surface area (Å²) >= 11 is 0. The lowest BCUT2D eigenvalue weighted by molar-refractivity contribution is 0.304.